The van der Waals surface area contributed by atoms with Gasteiger partial charge in [-0.1, -0.05) is 24.3 Å². The van der Waals surface area contributed by atoms with Gasteiger partial charge in [-0.2, -0.15) is 0 Å². The van der Waals surface area contributed by atoms with Crippen molar-refractivity contribution in [1.82, 2.24) is 4.90 Å². The van der Waals surface area contributed by atoms with Crippen LogP contribution >= 0.6 is 0 Å². The van der Waals surface area contributed by atoms with Crippen LogP contribution in [0.15, 0.2) is 43.0 Å². The maximum atomic E-state index is 11.9. The molecule has 0 atom stereocenters. The lowest BCUT2D eigenvalue weighted by molar-refractivity contribution is -0.116. The number of carbonyl (C=O) groups excluding carboxylic acids is 2. The third kappa shape index (κ3) is 1.69. The highest BCUT2D eigenvalue weighted by Gasteiger charge is 2.36. The number of urea groups is 1. The van der Waals surface area contributed by atoms with Gasteiger partial charge in [-0.15, -0.1) is 6.58 Å². The summed E-state index contributed by atoms with van der Waals surface area (Å²) in [5, 5.41) is 0. The Labute approximate surface area is 93.8 Å². The molecule has 1 aromatic rings. The second-order valence-electron chi connectivity index (χ2n) is 3.52. The van der Waals surface area contributed by atoms with E-state index in [-0.39, 0.29) is 18.5 Å². The number of nitrogens with zero attached hydrogens (tertiary/aromatic N) is 2. The molecule has 4 nitrogen and oxygen atoms in total. The minimum atomic E-state index is -0.281. The molecule has 0 unspecified atom stereocenters. The Morgan fingerprint density at radius 1 is 1.25 bits per heavy atom. The molecular formula is C12H12N2O2. The molecule has 16 heavy (non-hydrogen) atoms. The van der Waals surface area contributed by atoms with E-state index in [0.29, 0.717) is 12.2 Å². The SMILES string of the molecule is C=CCN1CC(=O)N(c2ccccc2)C1=O. The summed E-state index contributed by atoms with van der Waals surface area (Å²) < 4.78 is 0. The molecule has 1 aromatic carbocycles. The van der Waals surface area contributed by atoms with Crippen molar-refractivity contribution in [2.75, 3.05) is 18.0 Å². The van der Waals surface area contributed by atoms with Crippen LogP contribution in [0.25, 0.3) is 0 Å². The van der Waals surface area contributed by atoms with Gasteiger partial charge in [0.25, 0.3) is 5.91 Å². The monoisotopic (exact) mass is 216 g/mol. The average Bonchev–Trinajstić information content (AvgIpc) is 2.56. The molecule has 0 aliphatic carbocycles. The molecule has 0 bridgehead atoms. The van der Waals surface area contributed by atoms with Gasteiger partial charge in [0.15, 0.2) is 0 Å². The summed E-state index contributed by atoms with van der Waals surface area (Å²) in [7, 11) is 0. The van der Waals surface area contributed by atoms with Crippen LogP contribution in [0.2, 0.25) is 0 Å². The lowest BCUT2D eigenvalue weighted by Gasteiger charge is -2.15. The van der Waals surface area contributed by atoms with Crippen LogP contribution in [0.4, 0.5) is 10.5 Å². The minimum Gasteiger partial charge on any atom is -0.311 e. The first kappa shape index (κ1) is 10.4. The molecule has 4 heteroatoms. The first-order valence-electron chi connectivity index (χ1n) is 5.02. The number of imide groups is 1. The predicted octanol–water partition coefficient (Wildman–Crippen LogP) is 1.64. The van der Waals surface area contributed by atoms with Gasteiger partial charge in [-0.25, -0.2) is 9.69 Å². The Morgan fingerprint density at radius 2 is 1.94 bits per heavy atom. The van der Waals surface area contributed by atoms with Crippen LogP contribution in [0.3, 0.4) is 0 Å². The molecule has 82 valence electrons. The first-order chi connectivity index (χ1) is 7.74. The van der Waals surface area contributed by atoms with Crippen molar-refractivity contribution in [2.45, 2.75) is 0 Å². The molecule has 1 fully saturated rings. The normalized spacial score (nSPS) is 15.8. The molecule has 1 aliphatic heterocycles. The Morgan fingerprint density at radius 3 is 2.56 bits per heavy atom. The van der Waals surface area contributed by atoms with Crippen molar-refractivity contribution in [2.24, 2.45) is 0 Å². The standard InChI is InChI=1S/C12H12N2O2/c1-2-8-13-9-11(15)14(12(13)16)10-6-4-3-5-7-10/h2-7H,1,8-9H2. The van der Waals surface area contributed by atoms with Crippen LogP contribution in [0, 0.1) is 0 Å². The number of hydrogen-bond donors (Lipinski definition) is 0. The van der Waals surface area contributed by atoms with Crippen LogP contribution in [-0.4, -0.2) is 29.9 Å². The Kier molecular flexibility index (Phi) is 2.72. The largest absolute Gasteiger partial charge is 0.332 e. The predicted molar refractivity (Wildman–Crippen MR) is 61.1 cm³/mol. The lowest BCUT2D eigenvalue weighted by atomic mass is 10.3. The summed E-state index contributed by atoms with van der Waals surface area (Å²) in [5.74, 6) is -0.196. The van der Waals surface area contributed by atoms with Crippen molar-refractivity contribution in [3.8, 4) is 0 Å². The molecule has 0 spiro atoms. The molecule has 1 heterocycles. The van der Waals surface area contributed by atoms with E-state index >= 15 is 0 Å². The molecular weight excluding hydrogens is 204 g/mol. The number of carbonyl (C=O) groups is 2. The second kappa shape index (κ2) is 4.18. The van der Waals surface area contributed by atoms with Crippen LogP contribution in [0.5, 0.6) is 0 Å². The maximum absolute atomic E-state index is 11.9. The fraction of sp³-hybridized carbons (Fsp3) is 0.167. The van der Waals surface area contributed by atoms with E-state index in [9.17, 15) is 9.59 Å². The van der Waals surface area contributed by atoms with Crippen LogP contribution in [0.1, 0.15) is 0 Å². The number of anilines is 1. The van der Waals surface area contributed by atoms with Gasteiger partial charge >= 0.3 is 6.03 Å². The molecule has 0 radical (unpaired) electrons. The maximum Gasteiger partial charge on any atom is 0.332 e. The lowest BCUT2D eigenvalue weighted by Crippen LogP contribution is -2.32. The second-order valence-corrected chi connectivity index (χ2v) is 3.52. The van der Waals surface area contributed by atoms with E-state index < -0.39 is 0 Å². The van der Waals surface area contributed by atoms with E-state index in [1.807, 2.05) is 6.07 Å². The average molecular weight is 216 g/mol. The summed E-state index contributed by atoms with van der Waals surface area (Å²) in [6.07, 6.45) is 1.61. The van der Waals surface area contributed by atoms with Crippen molar-refractivity contribution in [3.05, 3.63) is 43.0 Å². The third-order valence-corrected chi connectivity index (χ3v) is 2.40. The van der Waals surface area contributed by atoms with Gasteiger partial charge in [0, 0.05) is 6.54 Å². The van der Waals surface area contributed by atoms with E-state index in [2.05, 4.69) is 6.58 Å². The molecule has 0 aromatic heterocycles. The highest BCUT2D eigenvalue weighted by Crippen LogP contribution is 2.20. The molecule has 2 rings (SSSR count). The van der Waals surface area contributed by atoms with Gasteiger partial charge in [0.2, 0.25) is 0 Å². The van der Waals surface area contributed by atoms with Crippen molar-refractivity contribution in [3.63, 3.8) is 0 Å². The number of para-hydroxylation sites is 1. The van der Waals surface area contributed by atoms with Gasteiger partial charge in [-0.05, 0) is 12.1 Å². The van der Waals surface area contributed by atoms with Crippen molar-refractivity contribution in [1.29, 1.82) is 0 Å². The Hall–Kier alpha value is -2.10. The fourth-order valence-corrected chi connectivity index (χ4v) is 1.68. The highest BCUT2D eigenvalue weighted by molar-refractivity contribution is 6.19. The number of amides is 3. The summed E-state index contributed by atoms with van der Waals surface area (Å²) in [6, 6.07) is 8.64. The van der Waals surface area contributed by atoms with Gasteiger partial charge in [0.05, 0.1) is 5.69 Å². The Bertz CT molecular complexity index is 428. The van der Waals surface area contributed by atoms with Crippen LogP contribution < -0.4 is 4.90 Å². The molecule has 1 aliphatic rings. The van der Waals surface area contributed by atoms with E-state index in [4.69, 9.17) is 0 Å². The molecule has 1 saturated heterocycles. The highest BCUT2D eigenvalue weighted by atomic mass is 16.2. The first-order valence-corrected chi connectivity index (χ1v) is 5.02. The summed E-state index contributed by atoms with van der Waals surface area (Å²) in [4.78, 5) is 26.2. The Balaban J connectivity index is 2.26. The van der Waals surface area contributed by atoms with Crippen molar-refractivity contribution >= 4 is 17.6 Å². The molecule has 0 N–H and O–H groups in total. The zero-order chi connectivity index (χ0) is 11.5. The summed E-state index contributed by atoms with van der Waals surface area (Å²) >= 11 is 0. The van der Waals surface area contributed by atoms with E-state index in [0.717, 1.165) is 0 Å². The smallest absolute Gasteiger partial charge is 0.311 e. The number of benzene rings is 1. The van der Waals surface area contributed by atoms with Crippen LogP contribution in [-0.2, 0) is 4.79 Å². The number of rotatable bonds is 3. The fourth-order valence-electron chi connectivity index (χ4n) is 1.68. The molecule has 3 amide bonds. The minimum absolute atomic E-state index is 0.125. The third-order valence-electron chi connectivity index (χ3n) is 2.40. The molecule has 0 saturated carbocycles. The summed E-state index contributed by atoms with van der Waals surface area (Å²) in [5.41, 5.74) is 0.615. The van der Waals surface area contributed by atoms with Gasteiger partial charge in [-0.3, -0.25) is 4.79 Å². The van der Waals surface area contributed by atoms with E-state index in [1.165, 1.54) is 9.80 Å². The van der Waals surface area contributed by atoms with Crippen molar-refractivity contribution < 1.29 is 9.59 Å². The van der Waals surface area contributed by atoms with E-state index in [1.54, 1.807) is 30.3 Å². The summed E-state index contributed by atoms with van der Waals surface area (Å²) in [6.45, 7) is 4.08. The zero-order valence-electron chi connectivity index (χ0n) is 8.80. The topological polar surface area (TPSA) is 40.6 Å². The van der Waals surface area contributed by atoms with Gasteiger partial charge < -0.3 is 4.90 Å². The van der Waals surface area contributed by atoms with Gasteiger partial charge in [0.1, 0.15) is 6.54 Å². The number of hydrogen-bond acceptors (Lipinski definition) is 2. The quantitative estimate of drug-likeness (QED) is 0.569. The zero-order valence-corrected chi connectivity index (χ0v) is 8.80.